The number of aromatic nitrogens is 8. The molecule has 15 nitrogen and oxygen atoms in total. The van der Waals surface area contributed by atoms with Gasteiger partial charge in [0.25, 0.3) is 0 Å². The van der Waals surface area contributed by atoms with Crippen LogP contribution in [0.15, 0.2) is 97.8 Å². The van der Waals surface area contributed by atoms with Gasteiger partial charge in [0.05, 0.1) is 48.7 Å². The van der Waals surface area contributed by atoms with Gasteiger partial charge < -0.3 is 36.0 Å². The number of fused-ring (bicyclic) bond motifs is 2. The van der Waals surface area contributed by atoms with Gasteiger partial charge in [0, 0.05) is 43.8 Å². The molecule has 0 saturated carbocycles. The van der Waals surface area contributed by atoms with E-state index < -0.39 is 0 Å². The van der Waals surface area contributed by atoms with Gasteiger partial charge in [-0.3, -0.25) is 9.97 Å². The molecular weight excluding hydrogens is 847 g/mol. The van der Waals surface area contributed by atoms with E-state index in [4.69, 9.17) is 15.2 Å². The zero-order chi connectivity index (χ0) is 44.2. The van der Waals surface area contributed by atoms with Gasteiger partial charge in [-0.25, -0.2) is 38.7 Å². The van der Waals surface area contributed by atoms with Crippen LogP contribution in [0.25, 0.3) is 20.7 Å². The second-order valence-corrected chi connectivity index (χ2v) is 15.4. The summed E-state index contributed by atoms with van der Waals surface area (Å²) >= 11 is 3.03. The maximum atomic E-state index is 13.8. The van der Waals surface area contributed by atoms with Crippen LogP contribution < -0.4 is 31.2 Å². The number of nitrogens with two attached hydrogens (primary N) is 1. The molecule has 6 heterocycles. The summed E-state index contributed by atoms with van der Waals surface area (Å²) in [6.45, 7) is 2.67. The lowest BCUT2D eigenvalue weighted by Gasteiger charge is -2.08. The highest BCUT2D eigenvalue weighted by Crippen LogP contribution is 2.27. The van der Waals surface area contributed by atoms with Gasteiger partial charge >= 0.3 is 0 Å². The predicted molar refractivity (Wildman–Crippen MR) is 242 cm³/mol. The van der Waals surface area contributed by atoms with Crippen LogP contribution in [0.5, 0.6) is 11.5 Å². The third-order valence-electron chi connectivity index (χ3n) is 9.13. The molecule has 0 aliphatic rings. The maximum absolute atomic E-state index is 13.8. The van der Waals surface area contributed by atoms with Gasteiger partial charge in [0.1, 0.15) is 62.8 Å². The second-order valence-electron chi connectivity index (χ2n) is 13.3. The Hall–Kier alpha value is -6.67. The van der Waals surface area contributed by atoms with Gasteiger partial charge in [0.2, 0.25) is 0 Å². The summed E-state index contributed by atoms with van der Waals surface area (Å²) in [6.07, 6.45) is 9.76. The monoisotopic (exact) mass is 892 g/mol. The van der Waals surface area contributed by atoms with Crippen molar-refractivity contribution in [2.75, 3.05) is 44.5 Å². The van der Waals surface area contributed by atoms with E-state index in [0.717, 1.165) is 69.0 Å². The normalized spacial score (nSPS) is 10.7. The number of para-hydroxylation sites is 2. The maximum Gasteiger partial charge on any atom is 0.157 e. The molecule has 5 N–H and O–H groups in total. The average molecular weight is 893 g/mol. The molecule has 326 valence electrons. The first kappa shape index (κ1) is 45.8. The Morgan fingerprint density at radius 3 is 1.67 bits per heavy atom. The van der Waals surface area contributed by atoms with Crippen molar-refractivity contribution in [3.63, 3.8) is 0 Å². The number of thiazole rings is 2. The zero-order valence-electron chi connectivity index (χ0n) is 34.6. The third kappa shape index (κ3) is 13.2. The smallest absolute Gasteiger partial charge is 0.157 e. The fourth-order valence-electron chi connectivity index (χ4n) is 6.04. The summed E-state index contributed by atoms with van der Waals surface area (Å²) in [5.74, 6) is 2.15. The molecule has 0 fully saturated rings. The molecule has 0 aliphatic carbocycles. The van der Waals surface area contributed by atoms with Crippen molar-refractivity contribution in [1.29, 1.82) is 0 Å². The van der Waals surface area contributed by atoms with Crippen molar-refractivity contribution in [3.8, 4) is 11.5 Å². The van der Waals surface area contributed by atoms with Crippen LogP contribution in [-0.4, -0.2) is 80.0 Å². The Morgan fingerprint density at radius 1 is 0.635 bits per heavy atom. The number of hydrogen-bond donors (Lipinski definition) is 4. The fourth-order valence-corrected chi connectivity index (χ4v) is 7.86. The molecule has 0 spiro atoms. The van der Waals surface area contributed by atoms with E-state index in [9.17, 15) is 13.6 Å². The standard InChI is InChI=1S/C22H23FN6OS.C13H13FN6S.C9H10O2/c1-30-18-7-3-2-5-15(18)8-11-24-12-9-19-29-20-21(27-14-28-22(20)31-19)26-13-17-16(23)6-4-10-25-17;14-8-2-1-5-16-9(8)6-17-12-11-13(19-7-18-12)21-10(20-11)3-4-15;1-11-9-5-3-2-4-8(9)6-7-10/h2-7,10,14,24H,8-9,11-13H2,1H3,(H,26,27,28);1-2,5,7H,3-4,6,15H2,(H,17,18,19);2-5,7H,6H2,1H3. The molecule has 0 bridgehead atoms. The van der Waals surface area contributed by atoms with Crippen molar-refractivity contribution in [1.82, 2.24) is 45.2 Å². The number of aldehydes is 1. The minimum atomic E-state index is -0.350. The Labute approximate surface area is 370 Å². The van der Waals surface area contributed by atoms with Gasteiger partial charge in [-0.05, 0) is 61.5 Å². The number of nitrogens with one attached hydrogen (secondary N) is 3. The highest BCUT2D eigenvalue weighted by Gasteiger charge is 2.13. The number of methoxy groups -OCH3 is 2. The predicted octanol–water partition coefficient (Wildman–Crippen LogP) is 6.79. The van der Waals surface area contributed by atoms with E-state index >= 15 is 0 Å². The van der Waals surface area contributed by atoms with Crippen LogP contribution in [0.3, 0.4) is 0 Å². The molecule has 2 aromatic carbocycles. The summed E-state index contributed by atoms with van der Waals surface area (Å²) in [5.41, 5.74) is 9.72. The number of anilines is 2. The zero-order valence-corrected chi connectivity index (χ0v) is 36.3. The molecule has 6 aromatic heterocycles. The Bertz CT molecular complexity index is 2690. The molecular formula is C44H46F2N12O3S2. The van der Waals surface area contributed by atoms with E-state index in [1.807, 2.05) is 42.5 Å². The van der Waals surface area contributed by atoms with Crippen molar-refractivity contribution in [2.45, 2.75) is 38.8 Å². The topological polar surface area (TPSA) is 201 Å². The van der Waals surface area contributed by atoms with E-state index in [0.29, 0.717) is 53.4 Å². The van der Waals surface area contributed by atoms with Crippen molar-refractivity contribution in [3.05, 3.63) is 142 Å². The quantitative estimate of drug-likeness (QED) is 0.0518. The number of carbonyl (C=O) groups is 1. The number of ether oxygens (including phenoxy) is 2. The molecule has 0 radical (unpaired) electrons. The molecule has 0 amide bonds. The summed E-state index contributed by atoms with van der Waals surface area (Å²) in [7, 11) is 3.29. The summed E-state index contributed by atoms with van der Waals surface area (Å²) in [6, 6.07) is 21.4. The van der Waals surface area contributed by atoms with Crippen molar-refractivity contribution in [2.24, 2.45) is 5.73 Å². The molecule has 0 saturated heterocycles. The van der Waals surface area contributed by atoms with E-state index in [1.165, 1.54) is 41.7 Å². The van der Waals surface area contributed by atoms with Crippen LogP contribution >= 0.6 is 22.7 Å². The van der Waals surface area contributed by atoms with Crippen LogP contribution in [0.1, 0.15) is 32.5 Å². The number of benzene rings is 2. The lowest BCUT2D eigenvalue weighted by atomic mass is 10.1. The highest BCUT2D eigenvalue weighted by atomic mass is 32.1. The minimum Gasteiger partial charge on any atom is -0.496 e. The molecule has 0 unspecified atom stereocenters. The number of nitrogens with zero attached hydrogens (tertiary/aromatic N) is 8. The first-order valence-corrected chi connectivity index (χ1v) is 21.5. The van der Waals surface area contributed by atoms with E-state index in [-0.39, 0.29) is 24.7 Å². The van der Waals surface area contributed by atoms with E-state index in [2.05, 4.69) is 61.9 Å². The number of halogens is 2. The summed E-state index contributed by atoms with van der Waals surface area (Å²) in [5, 5.41) is 11.5. The first-order chi connectivity index (χ1) is 30.9. The van der Waals surface area contributed by atoms with Crippen molar-refractivity contribution < 1.29 is 23.0 Å². The molecule has 8 rings (SSSR count). The fraction of sp³-hybridized carbons (Fsp3) is 0.250. The van der Waals surface area contributed by atoms with Crippen molar-refractivity contribution >= 4 is 61.3 Å². The molecule has 19 heteroatoms. The van der Waals surface area contributed by atoms with Crippen LogP contribution in [0, 0.1) is 11.6 Å². The summed E-state index contributed by atoms with van der Waals surface area (Å²) < 4.78 is 37.8. The van der Waals surface area contributed by atoms with Crippen LogP contribution in [0.4, 0.5) is 20.4 Å². The molecule has 63 heavy (non-hydrogen) atoms. The number of pyridine rings is 2. The Kier molecular flexibility index (Phi) is 17.5. The third-order valence-corrected chi connectivity index (χ3v) is 11.2. The molecule has 0 aliphatic heterocycles. The SMILES string of the molecule is COc1ccccc1CC=O.COc1ccccc1CCNCCc1nc2c(NCc3ncccc3F)ncnc2s1.NCCc1nc2c(NCc3ncccc3F)ncnc2s1. The molecule has 8 aromatic rings. The Morgan fingerprint density at radius 2 is 1.14 bits per heavy atom. The van der Waals surface area contributed by atoms with Gasteiger partial charge in [-0.15, -0.1) is 0 Å². The minimum absolute atomic E-state index is 0.232. The van der Waals surface area contributed by atoms with Crippen LogP contribution in [-0.2, 0) is 43.6 Å². The lowest BCUT2D eigenvalue weighted by molar-refractivity contribution is -0.107. The number of carbonyl (C=O) groups excluding carboxylic acids is 1. The largest absolute Gasteiger partial charge is 0.496 e. The highest BCUT2D eigenvalue weighted by molar-refractivity contribution is 7.18. The van der Waals surface area contributed by atoms with Gasteiger partial charge in [-0.2, -0.15) is 0 Å². The average Bonchev–Trinajstić information content (AvgIpc) is 3.94. The number of hydrogen-bond acceptors (Lipinski definition) is 17. The second kappa shape index (κ2) is 24.1. The van der Waals surface area contributed by atoms with Crippen LogP contribution in [0.2, 0.25) is 0 Å². The molecule has 0 atom stereocenters. The van der Waals surface area contributed by atoms with Gasteiger partial charge in [-0.1, -0.05) is 59.1 Å². The lowest BCUT2D eigenvalue weighted by Crippen LogP contribution is -2.20. The number of rotatable bonds is 18. The summed E-state index contributed by atoms with van der Waals surface area (Å²) in [4.78, 5) is 45.9. The first-order valence-electron chi connectivity index (χ1n) is 19.9. The van der Waals surface area contributed by atoms with E-state index in [1.54, 1.807) is 50.1 Å². The Balaban J connectivity index is 0.000000177. The van der Waals surface area contributed by atoms with Gasteiger partial charge in [0.15, 0.2) is 11.6 Å².